The van der Waals surface area contributed by atoms with Gasteiger partial charge in [-0.15, -0.1) is 0 Å². The lowest BCUT2D eigenvalue weighted by molar-refractivity contribution is -0.125. The molecule has 0 saturated heterocycles. The number of nitrogens with two attached hydrogens (primary N) is 1. The highest BCUT2D eigenvalue weighted by Crippen LogP contribution is 2.12. The smallest absolute Gasteiger partial charge is 0.163 e. The van der Waals surface area contributed by atoms with E-state index in [1.54, 1.807) is 36.4 Å². The lowest BCUT2D eigenvalue weighted by Gasteiger charge is -2.11. The van der Waals surface area contributed by atoms with Crippen LogP contribution in [0, 0.1) is 29.6 Å². The van der Waals surface area contributed by atoms with Crippen LogP contribution in [-0.2, 0) is 11.4 Å². The number of carbonyl (C=O) groups excluding carboxylic acids is 2. The predicted octanol–water partition coefficient (Wildman–Crippen LogP) is 1.29. The Kier molecular flexibility index (Phi) is 8.14. The Labute approximate surface area is 164 Å². The molecule has 0 spiro atoms. The minimum Gasteiger partial charge on any atom is -0.392 e. The Morgan fingerprint density at radius 3 is 1.89 bits per heavy atom. The second kappa shape index (κ2) is 10.8. The van der Waals surface area contributed by atoms with E-state index in [9.17, 15) is 9.59 Å². The average Bonchev–Trinajstić information content (AvgIpc) is 2.75. The third kappa shape index (κ3) is 6.19. The van der Waals surface area contributed by atoms with Crippen molar-refractivity contribution in [1.29, 1.82) is 0 Å². The van der Waals surface area contributed by atoms with Crippen molar-refractivity contribution in [2.24, 2.45) is 11.7 Å². The maximum absolute atomic E-state index is 12.2. The van der Waals surface area contributed by atoms with Crippen molar-refractivity contribution in [3.63, 3.8) is 0 Å². The van der Waals surface area contributed by atoms with E-state index >= 15 is 0 Å². The number of aliphatic hydroxyl groups is 2. The zero-order chi connectivity index (χ0) is 20.4. The van der Waals surface area contributed by atoms with E-state index < -0.39 is 18.3 Å². The number of rotatable bonds is 7. The summed E-state index contributed by atoms with van der Waals surface area (Å²) < 4.78 is 0. The van der Waals surface area contributed by atoms with Crippen LogP contribution in [0.3, 0.4) is 0 Å². The summed E-state index contributed by atoms with van der Waals surface area (Å²) in [7, 11) is 0. The van der Waals surface area contributed by atoms with Crippen molar-refractivity contribution in [2.75, 3.05) is 13.2 Å². The fourth-order valence-electron chi connectivity index (χ4n) is 2.44. The molecule has 0 radical (unpaired) electrons. The molecule has 2 aromatic carbocycles. The molecule has 5 nitrogen and oxygen atoms in total. The molecule has 0 saturated carbocycles. The summed E-state index contributed by atoms with van der Waals surface area (Å²) in [4.78, 5) is 23.8. The lowest BCUT2D eigenvalue weighted by Crippen LogP contribution is -2.28. The number of benzene rings is 2. The third-order valence-electron chi connectivity index (χ3n) is 4.15. The molecule has 5 heteroatoms. The summed E-state index contributed by atoms with van der Waals surface area (Å²) in [5.41, 5.74) is 8.30. The molecule has 142 valence electrons. The topological polar surface area (TPSA) is 101 Å². The molecule has 0 amide bonds. The number of Topliss-reactive ketones (excluding diaryl/α,β-unsaturated/α-hetero) is 2. The van der Waals surface area contributed by atoms with Crippen molar-refractivity contribution in [3.05, 3.63) is 70.8 Å². The van der Waals surface area contributed by atoms with Crippen LogP contribution < -0.4 is 5.73 Å². The van der Waals surface area contributed by atoms with E-state index in [0.717, 1.165) is 11.1 Å². The fourth-order valence-corrected chi connectivity index (χ4v) is 2.44. The molecule has 2 rings (SSSR count). The van der Waals surface area contributed by atoms with Crippen molar-refractivity contribution < 1.29 is 19.8 Å². The summed E-state index contributed by atoms with van der Waals surface area (Å²) in [5, 5.41) is 17.9. The number of hydrogen-bond donors (Lipinski definition) is 3. The van der Waals surface area contributed by atoms with Gasteiger partial charge >= 0.3 is 0 Å². The van der Waals surface area contributed by atoms with Crippen LogP contribution in [-0.4, -0.2) is 34.9 Å². The van der Waals surface area contributed by atoms with Gasteiger partial charge in [-0.3, -0.25) is 9.59 Å². The first-order valence-electron chi connectivity index (χ1n) is 8.76. The van der Waals surface area contributed by atoms with Crippen LogP contribution in [0.4, 0.5) is 0 Å². The van der Waals surface area contributed by atoms with Gasteiger partial charge in [0.2, 0.25) is 0 Å². The molecular weight excluding hydrogens is 354 g/mol. The van der Waals surface area contributed by atoms with Crippen LogP contribution in [0.1, 0.15) is 33.5 Å². The molecule has 0 aliphatic rings. The highest BCUT2D eigenvalue weighted by Gasteiger charge is 2.20. The zero-order valence-corrected chi connectivity index (χ0v) is 15.3. The van der Waals surface area contributed by atoms with Crippen molar-refractivity contribution in [1.82, 2.24) is 0 Å². The van der Waals surface area contributed by atoms with Gasteiger partial charge in [-0.25, -0.2) is 0 Å². The third-order valence-corrected chi connectivity index (χ3v) is 4.15. The van der Waals surface area contributed by atoms with E-state index in [4.69, 9.17) is 15.9 Å². The molecule has 28 heavy (non-hydrogen) atoms. The maximum Gasteiger partial charge on any atom is 0.163 e. The van der Waals surface area contributed by atoms with Gasteiger partial charge in [0.25, 0.3) is 0 Å². The first kappa shape index (κ1) is 21.1. The summed E-state index contributed by atoms with van der Waals surface area (Å²) >= 11 is 0. The van der Waals surface area contributed by atoms with Gasteiger partial charge in [-0.1, -0.05) is 36.1 Å². The van der Waals surface area contributed by atoms with Gasteiger partial charge in [0.05, 0.1) is 6.61 Å². The van der Waals surface area contributed by atoms with E-state index in [-0.39, 0.29) is 25.4 Å². The van der Waals surface area contributed by atoms with Crippen LogP contribution in [0.15, 0.2) is 48.5 Å². The molecule has 0 unspecified atom stereocenters. The number of hydrogen-bond acceptors (Lipinski definition) is 5. The second-order valence-corrected chi connectivity index (χ2v) is 6.12. The second-order valence-electron chi connectivity index (χ2n) is 6.12. The van der Waals surface area contributed by atoms with E-state index in [0.29, 0.717) is 11.1 Å². The Morgan fingerprint density at radius 1 is 0.893 bits per heavy atom. The van der Waals surface area contributed by atoms with E-state index in [1.807, 2.05) is 12.1 Å². The normalized spacial score (nSPS) is 10.8. The monoisotopic (exact) mass is 375 g/mol. The fraction of sp³-hybridized carbons (Fsp3) is 0.217. The summed E-state index contributed by atoms with van der Waals surface area (Å²) in [5.74, 6) is 10.0. The minimum absolute atomic E-state index is 0.00334. The average molecular weight is 375 g/mol. The molecule has 0 bridgehead atoms. The van der Waals surface area contributed by atoms with E-state index in [1.165, 1.54) is 0 Å². The Bertz CT molecular complexity index is 939. The van der Waals surface area contributed by atoms with Crippen molar-refractivity contribution in [3.8, 4) is 23.7 Å². The summed E-state index contributed by atoms with van der Waals surface area (Å²) in [6.45, 7) is -0.594. The molecule has 1 atom stereocenters. The molecule has 4 N–H and O–H groups in total. The van der Waals surface area contributed by atoms with E-state index in [2.05, 4.69) is 23.7 Å². The highest BCUT2D eigenvalue weighted by atomic mass is 16.3. The zero-order valence-electron chi connectivity index (χ0n) is 15.3. The van der Waals surface area contributed by atoms with Crippen LogP contribution >= 0.6 is 0 Å². The molecule has 0 aliphatic heterocycles. The van der Waals surface area contributed by atoms with Crippen molar-refractivity contribution >= 4 is 11.6 Å². The predicted molar refractivity (Wildman–Crippen MR) is 106 cm³/mol. The molecule has 0 aromatic heterocycles. The lowest BCUT2D eigenvalue weighted by atomic mass is 9.94. The van der Waals surface area contributed by atoms with Gasteiger partial charge < -0.3 is 15.9 Å². The maximum atomic E-state index is 12.2. The SMILES string of the molecule is NC[C@H](CC(=O)c1ccc(C#CC#Cc2ccc(CO)cc2)cc1)C(=O)CO. The van der Waals surface area contributed by atoms with Crippen LogP contribution in [0.5, 0.6) is 0 Å². The Hall–Kier alpha value is -3.22. The van der Waals surface area contributed by atoms with Crippen molar-refractivity contribution in [2.45, 2.75) is 13.0 Å². The minimum atomic E-state index is -0.668. The quantitative estimate of drug-likeness (QED) is 0.500. The number of ketones is 2. The Balaban J connectivity index is 1.99. The highest BCUT2D eigenvalue weighted by molar-refractivity contribution is 5.99. The van der Waals surface area contributed by atoms with Crippen LogP contribution in [0.2, 0.25) is 0 Å². The largest absolute Gasteiger partial charge is 0.392 e. The van der Waals surface area contributed by atoms with Crippen LogP contribution in [0.25, 0.3) is 0 Å². The Morgan fingerprint density at radius 2 is 1.43 bits per heavy atom. The molecule has 0 heterocycles. The molecule has 2 aromatic rings. The first-order chi connectivity index (χ1) is 13.6. The number of carbonyl (C=O) groups is 2. The molecule has 0 aliphatic carbocycles. The summed E-state index contributed by atoms with van der Waals surface area (Å²) in [6, 6.07) is 13.9. The molecular formula is C23H21NO4. The van der Waals surface area contributed by atoms with Gasteiger partial charge in [0.15, 0.2) is 11.6 Å². The summed E-state index contributed by atoms with van der Waals surface area (Å²) in [6.07, 6.45) is -0.0263. The van der Waals surface area contributed by atoms with Gasteiger partial charge in [0.1, 0.15) is 6.61 Å². The molecule has 0 fully saturated rings. The standard InChI is InChI=1S/C23H21NO4/c24-14-21(23(28)16-26)13-22(27)20-11-9-18(10-12-20)4-2-1-3-17-5-7-19(15-25)8-6-17/h5-12,21,25-26H,13-16,24H2/t21-/m0/s1. The number of aliphatic hydroxyl groups excluding tert-OH is 2. The van der Waals surface area contributed by atoms with Gasteiger partial charge in [-0.05, 0) is 41.7 Å². The first-order valence-corrected chi connectivity index (χ1v) is 8.76. The van der Waals surface area contributed by atoms with Gasteiger partial charge in [-0.2, -0.15) is 0 Å². The van der Waals surface area contributed by atoms with Gasteiger partial charge in [0, 0.05) is 35.6 Å².